The molecule has 0 N–H and O–H groups in total. The van der Waals surface area contributed by atoms with Gasteiger partial charge in [0, 0.05) is 0 Å². The van der Waals surface area contributed by atoms with Gasteiger partial charge in [-0.3, -0.25) is 0 Å². The molecule has 0 amide bonds. The molecular formula is C22H19BrFN2O+. The molecule has 0 aliphatic rings. The number of fused-ring (bicyclic) bond motifs is 1. The van der Waals surface area contributed by atoms with Crippen LogP contribution < -0.4 is 4.57 Å². The van der Waals surface area contributed by atoms with Crippen LogP contribution in [-0.4, -0.2) is 4.98 Å². The summed E-state index contributed by atoms with van der Waals surface area (Å²) in [5, 5.41) is 0. The van der Waals surface area contributed by atoms with Crippen LogP contribution >= 0.6 is 15.9 Å². The van der Waals surface area contributed by atoms with E-state index in [1.165, 1.54) is 11.6 Å². The molecule has 0 radical (unpaired) electrons. The monoisotopic (exact) mass is 425 g/mol. The average molecular weight is 426 g/mol. The van der Waals surface area contributed by atoms with E-state index in [1.807, 2.05) is 35.2 Å². The molecule has 0 aliphatic heterocycles. The summed E-state index contributed by atoms with van der Waals surface area (Å²) >= 11 is 3.53. The van der Waals surface area contributed by atoms with Gasteiger partial charge in [0.05, 0.1) is 10.0 Å². The summed E-state index contributed by atoms with van der Waals surface area (Å²) < 4.78 is 22.7. The van der Waals surface area contributed by atoms with Gasteiger partial charge in [-0.1, -0.05) is 32.0 Å². The lowest BCUT2D eigenvalue weighted by molar-refractivity contribution is -0.688. The molecule has 2 aromatic heterocycles. The summed E-state index contributed by atoms with van der Waals surface area (Å²) in [6.07, 6.45) is 3.83. The number of aromatic nitrogens is 2. The van der Waals surface area contributed by atoms with E-state index in [1.54, 1.807) is 12.1 Å². The van der Waals surface area contributed by atoms with Crippen LogP contribution in [0.3, 0.4) is 0 Å². The van der Waals surface area contributed by atoms with E-state index < -0.39 is 0 Å². The fraction of sp³-hybridized carbons (Fsp3) is 0.182. The molecule has 0 unspecified atom stereocenters. The third kappa shape index (κ3) is 3.78. The summed E-state index contributed by atoms with van der Waals surface area (Å²) in [5.74, 6) is 0.771. The highest BCUT2D eigenvalue weighted by molar-refractivity contribution is 9.10. The summed E-state index contributed by atoms with van der Waals surface area (Å²) in [6, 6.07) is 14.8. The smallest absolute Gasteiger partial charge is 0.233 e. The average Bonchev–Trinajstić information content (AvgIpc) is 3.06. The Morgan fingerprint density at radius 1 is 1.11 bits per heavy atom. The van der Waals surface area contributed by atoms with Gasteiger partial charge in [0.2, 0.25) is 5.89 Å². The number of rotatable bonds is 4. The lowest BCUT2D eigenvalue weighted by Crippen LogP contribution is -2.34. The van der Waals surface area contributed by atoms with E-state index >= 15 is 0 Å². The Morgan fingerprint density at radius 2 is 1.93 bits per heavy atom. The summed E-state index contributed by atoms with van der Waals surface area (Å²) in [4.78, 5) is 4.66. The Hall–Kier alpha value is -2.53. The molecule has 0 spiro atoms. The van der Waals surface area contributed by atoms with Crippen molar-refractivity contribution in [3.8, 4) is 11.5 Å². The number of pyridine rings is 1. The zero-order valence-electron chi connectivity index (χ0n) is 15.1. The van der Waals surface area contributed by atoms with E-state index in [0.29, 0.717) is 23.9 Å². The zero-order chi connectivity index (χ0) is 19.0. The van der Waals surface area contributed by atoms with Gasteiger partial charge < -0.3 is 4.42 Å². The summed E-state index contributed by atoms with van der Waals surface area (Å²) in [6.45, 7) is 4.74. The van der Waals surface area contributed by atoms with Crippen LogP contribution in [0.2, 0.25) is 0 Å². The largest absolute Gasteiger partial charge is 0.436 e. The molecule has 27 heavy (non-hydrogen) atoms. The SMILES string of the molecule is CC(C)c1ccc2oc(-c3cc(Br)c[n+](Cc4ccccc4F)c3)nc2c1. The maximum Gasteiger partial charge on any atom is 0.233 e. The van der Waals surface area contributed by atoms with Gasteiger partial charge in [0.1, 0.15) is 16.9 Å². The fourth-order valence-corrected chi connectivity index (χ4v) is 3.57. The van der Waals surface area contributed by atoms with Gasteiger partial charge in [-0.25, -0.2) is 9.37 Å². The van der Waals surface area contributed by atoms with E-state index in [4.69, 9.17) is 4.42 Å². The van der Waals surface area contributed by atoms with Crippen molar-refractivity contribution < 1.29 is 13.4 Å². The van der Waals surface area contributed by atoms with E-state index in [0.717, 1.165) is 21.1 Å². The molecule has 136 valence electrons. The van der Waals surface area contributed by atoms with Crippen LogP contribution in [0.4, 0.5) is 4.39 Å². The number of hydrogen-bond donors (Lipinski definition) is 0. The number of halogens is 2. The van der Waals surface area contributed by atoms with Gasteiger partial charge >= 0.3 is 0 Å². The zero-order valence-corrected chi connectivity index (χ0v) is 16.7. The van der Waals surface area contributed by atoms with Crippen LogP contribution in [-0.2, 0) is 6.54 Å². The first-order valence-electron chi connectivity index (χ1n) is 8.83. The van der Waals surface area contributed by atoms with Crippen molar-refractivity contribution in [3.05, 3.63) is 82.3 Å². The lowest BCUT2D eigenvalue weighted by Gasteiger charge is -2.02. The minimum atomic E-state index is -0.213. The summed E-state index contributed by atoms with van der Waals surface area (Å²) in [5.41, 5.74) is 4.30. The Bertz CT molecular complexity index is 1120. The predicted octanol–water partition coefficient (Wildman–Crippen LogP) is 5.86. The highest BCUT2D eigenvalue weighted by Gasteiger charge is 2.16. The molecule has 0 bridgehead atoms. The molecular weight excluding hydrogens is 407 g/mol. The lowest BCUT2D eigenvalue weighted by atomic mass is 10.0. The third-order valence-electron chi connectivity index (χ3n) is 4.52. The molecule has 0 fully saturated rings. The molecule has 5 heteroatoms. The molecule has 2 aromatic carbocycles. The van der Waals surface area contributed by atoms with Gasteiger partial charge in [0.25, 0.3) is 0 Å². The topological polar surface area (TPSA) is 29.9 Å². The second-order valence-corrected chi connectivity index (χ2v) is 7.82. The number of oxazole rings is 1. The second-order valence-electron chi connectivity index (χ2n) is 6.91. The quantitative estimate of drug-likeness (QED) is 0.383. The first kappa shape index (κ1) is 17.9. The molecule has 2 heterocycles. The molecule has 0 aliphatic carbocycles. The fourth-order valence-electron chi connectivity index (χ4n) is 3.06. The van der Waals surface area contributed by atoms with Crippen LogP contribution in [0.15, 0.2) is 69.8 Å². The predicted molar refractivity (Wildman–Crippen MR) is 107 cm³/mol. The van der Waals surface area contributed by atoms with Crippen molar-refractivity contribution in [2.75, 3.05) is 0 Å². The van der Waals surface area contributed by atoms with Crippen LogP contribution in [0.5, 0.6) is 0 Å². The van der Waals surface area contributed by atoms with Crippen molar-refractivity contribution in [2.45, 2.75) is 26.3 Å². The van der Waals surface area contributed by atoms with Gasteiger partial charge in [-0.15, -0.1) is 0 Å². The number of nitrogens with zero attached hydrogens (tertiary/aromatic N) is 2. The highest BCUT2D eigenvalue weighted by atomic mass is 79.9. The molecule has 0 saturated carbocycles. The van der Waals surface area contributed by atoms with Gasteiger partial charge in [0.15, 0.2) is 24.5 Å². The Labute approximate surface area is 165 Å². The Morgan fingerprint density at radius 3 is 2.70 bits per heavy atom. The minimum Gasteiger partial charge on any atom is -0.436 e. The molecule has 3 nitrogen and oxygen atoms in total. The molecule has 4 rings (SSSR count). The van der Waals surface area contributed by atoms with E-state index in [-0.39, 0.29) is 5.82 Å². The van der Waals surface area contributed by atoms with Crippen molar-refractivity contribution >= 4 is 27.0 Å². The first-order valence-corrected chi connectivity index (χ1v) is 9.63. The van der Waals surface area contributed by atoms with Crippen molar-refractivity contribution in [2.24, 2.45) is 0 Å². The normalized spacial score (nSPS) is 11.4. The number of hydrogen-bond acceptors (Lipinski definition) is 2. The van der Waals surface area contributed by atoms with Crippen molar-refractivity contribution in [1.29, 1.82) is 0 Å². The second kappa shape index (κ2) is 7.24. The Kier molecular flexibility index (Phi) is 4.79. The van der Waals surface area contributed by atoms with Crippen LogP contribution in [0, 0.1) is 5.82 Å². The maximum atomic E-state index is 14.0. The van der Waals surface area contributed by atoms with E-state index in [2.05, 4.69) is 46.9 Å². The number of benzene rings is 2. The Balaban J connectivity index is 1.72. The van der Waals surface area contributed by atoms with Crippen molar-refractivity contribution in [3.63, 3.8) is 0 Å². The minimum absolute atomic E-state index is 0.213. The van der Waals surface area contributed by atoms with Gasteiger partial charge in [-0.2, -0.15) is 4.57 Å². The van der Waals surface area contributed by atoms with Crippen LogP contribution in [0.25, 0.3) is 22.6 Å². The third-order valence-corrected chi connectivity index (χ3v) is 4.96. The van der Waals surface area contributed by atoms with E-state index in [9.17, 15) is 4.39 Å². The van der Waals surface area contributed by atoms with Crippen LogP contribution in [0.1, 0.15) is 30.9 Å². The summed E-state index contributed by atoms with van der Waals surface area (Å²) in [7, 11) is 0. The first-order chi connectivity index (χ1) is 13.0. The van der Waals surface area contributed by atoms with Crippen molar-refractivity contribution in [1.82, 2.24) is 4.98 Å². The molecule has 0 saturated heterocycles. The standard InChI is InChI=1S/C22H19BrFN2O/c1-14(2)15-7-8-21-20(10-15)25-22(27-21)17-9-18(23)13-26(12-17)11-16-5-3-4-6-19(16)24/h3-10,12-14H,11H2,1-2H3/q+1. The highest BCUT2D eigenvalue weighted by Crippen LogP contribution is 2.27. The molecule has 0 atom stereocenters. The molecule has 4 aromatic rings. The maximum absolute atomic E-state index is 14.0. The van der Waals surface area contributed by atoms with Gasteiger partial charge in [-0.05, 0) is 57.7 Å².